The van der Waals surface area contributed by atoms with Crippen LogP contribution in [0.1, 0.15) is 23.3 Å². The molecule has 1 fully saturated rings. The second-order valence-corrected chi connectivity index (χ2v) is 8.44. The summed E-state index contributed by atoms with van der Waals surface area (Å²) in [6, 6.07) is 9.98. The smallest absolute Gasteiger partial charge is 0.247 e. The van der Waals surface area contributed by atoms with Crippen LogP contribution >= 0.6 is 11.3 Å². The first kappa shape index (κ1) is 19.7. The van der Waals surface area contributed by atoms with Crippen molar-refractivity contribution < 1.29 is 9.53 Å². The maximum atomic E-state index is 13.1. The van der Waals surface area contributed by atoms with Gasteiger partial charge in [0.05, 0.1) is 7.11 Å². The summed E-state index contributed by atoms with van der Waals surface area (Å²) in [5.41, 5.74) is 1.71. The molecule has 1 N–H and O–H groups in total. The number of rotatable bonds is 6. The number of likely N-dealkylation sites (N-methyl/N-ethyl adjacent to an activating group) is 1. The Kier molecular flexibility index (Phi) is 6.07. The van der Waals surface area contributed by atoms with Crippen molar-refractivity contribution in [3.05, 3.63) is 46.2 Å². The molecule has 2 aromatic rings. The van der Waals surface area contributed by atoms with Crippen molar-refractivity contribution in [1.82, 2.24) is 9.80 Å². The summed E-state index contributed by atoms with van der Waals surface area (Å²) in [5.74, 6) is 0.926. The van der Waals surface area contributed by atoms with E-state index in [1.54, 1.807) is 12.0 Å². The Bertz CT molecular complexity index is 779. The van der Waals surface area contributed by atoms with E-state index in [9.17, 15) is 4.79 Å². The second kappa shape index (κ2) is 8.31. The van der Waals surface area contributed by atoms with Crippen LogP contribution in [-0.2, 0) is 11.3 Å². The number of piperidine rings is 1. The summed E-state index contributed by atoms with van der Waals surface area (Å²) in [4.78, 5) is 18.6. The molecule has 1 amide bonds. The Balaban J connectivity index is 1.75. The third kappa shape index (κ3) is 4.45. The highest BCUT2D eigenvalue weighted by Gasteiger charge is 2.42. The normalized spacial score (nSPS) is 16.7. The molecule has 0 radical (unpaired) electrons. The fraction of sp³-hybridized carbons (Fsp3) is 0.476. The third-order valence-corrected chi connectivity index (χ3v) is 6.32. The van der Waals surface area contributed by atoms with Gasteiger partial charge < -0.3 is 15.0 Å². The van der Waals surface area contributed by atoms with Gasteiger partial charge in [-0.3, -0.25) is 9.69 Å². The van der Waals surface area contributed by atoms with Gasteiger partial charge >= 0.3 is 0 Å². The van der Waals surface area contributed by atoms with E-state index in [1.807, 2.05) is 49.7 Å². The molecule has 0 spiro atoms. The molecule has 1 saturated heterocycles. The van der Waals surface area contributed by atoms with Gasteiger partial charge in [0.1, 0.15) is 11.3 Å². The van der Waals surface area contributed by atoms with Crippen molar-refractivity contribution in [3.8, 4) is 5.75 Å². The topological polar surface area (TPSA) is 44.8 Å². The van der Waals surface area contributed by atoms with E-state index >= 15 is 0 Å². The zero-order chi connectivity index (χ0) is 19.4. The van der Waals surface area contributed by atoms with Crippen molar-refractivity contribution >= 4 is 22.9 Å². The average molecular weight is 388 g/mol. The monoisotopic (exact) mass is 387 g/mol. The summed E-state index contributed by atoms with van der Waals surface area (Å²) in [5, 5.41) is 5.70. The lowest BCUT2D eigenvalue weighted by atomic mass is 9.85. The predicted molar refractivity (Wildman–Crippen MR) is 112 cm³/mol. The zero-order valence-corrected chi connectivity index (χ0v) is 17.4. The number of likely N-dealkylation sites (tertiary alicyclic amines) is 1. The molecule has 0 atom stereocenters. The lowest BCUT2D eigenvalue weighted by Crippen LogP contribution is -2.57. The molecule has 1 aliphatic heterocycles. The lowest BCUT2D eigenvalue weighted by molar-refractivity contribution is -0.135. The fourth-order valence-corrected chi connectivity index (χ4v) is 4.61. The van der Waals surface area contributed by atoms with Crippen LogP contribution in [0.3, 0.4) is 0 Å². The van der Waals surface area contributed by atoms with Gasteiger partial charge in [-0.05, 0) is 48.9 Å². The Morgan fingerprint density at radius 3 is 2.63 bits per heavy atom. The van der Waals surface area contributed by atoms with E-state index in [0.29, 0.717) is 0 Å². The number of carbonyl (C=O) groups is 1. The van der Waals surface area contributed by atoms with Gasteiger partial charge in [-0.15, -0.1) is 11.3 Å². The van der Waals surface area contributed by atoms with Crippen LogP contribution in [0.2, 0.25) is 0 Å². The van der Waals surface area contributed by atoms with Gasteiger partial charge in [0.15, 0.2) is 0 Å². The minimum absolute atomic E-state index is 0.136. The van der Waals surface area contributed by atoms with E-state index in [2.05, 4.69) is 28.6 Å². The van der Waals surface area contributed by atoms with Gasteiger partial charge in [-0.25, -0.2) is 0 Å². The molecule has 2 heterocycles. The molecule has 5 nitrogen and oxygen atoms in total. The van der Waals surface area contributed by atoms with E-state index in [4.69, 9.17) is 4.74 Å². The maximum absolute atomic E-state index is 13.1. The second-order valence-electron chi connectivity index (χ2n) is 7.44. The van der Waals surface area contributed by atoms with Crippen molar-refractivity contribution in [2.24, 2.45) is 0 Å². The number of nitrogens with zero attached hydrogens (tertiary/aromatic N) is 2. The summed E-state index contributed by atoms with van der Waals surface area (Å²) in [6.07, 6.45) is 1.57. The quantitative estimate of drug-likeness (QED) is 0.823. The predicted octanol–water partition coefficient (Wildman–Crippen LogP) is 3.60. The number of anilines is 1. The Morgan fingerprint density at radius 1 is 1.30 bits per heavy atom. The Morgan fingerprint density at radius 2 is 2.04 bits per heavy atom. The Hall–Kier alpha value is -2.05. The average Bonchev–Trinajstić information content (AvgIpc) is 3.07. The summed E-state index contributed by atoms with van der Waals surface area (Å²) in [6.45, 7) is 4.93. The molecule has 0 aliphatic carbocycles. The van der Waals surface area contributed by atoms with Gasteiger partial charge in [0.2, 0.25) is 5.91 Å². The van der Waals surface area contributed by atoms with Crippen LogP contribution in [0.4, 0.5) is 5.69 Å². The van der Waals surface area contributed by atoms with Crippen LogP contribution in [-0.4, -0.2) is 55.5 Å². The first-order valence-corrected chi connectivity index (χ1v) is 10.2. The number of ether oxygens (including phenoxy) is 1. The lowest BCUT2D eigenvalue weighted by Gasteiger charge is -2.43. The third-order valence-electron chi connectivity index (χ3n) is 5.31. The standard InChI is InChI=1S/C21H29N3O2S/c1-16-8-13-27-19(16)15-24-11-9-21(10-12-24,20(25)23(2)3)22-17-6-5-7-18(14-17)26-4/h5-8,13-14,22H,9-12,15H2,1-4H3. The maximum Gasteiger partial charge on any atom is 0.247 e. The Labute approximate surface area is 165 Å². The highest BCUT2D eigenvalue weighted by molar-refractivity contribution is 7.10. The number of hydrogen-bond acceptors (Lipinski definition) is 5. The number of hydrogen-bond donors (Lipinski definition) is 1. The molecular formula is C21H29N3O2S. The highest BCUT2D eigenvalue weighted by Crippen LogP contribution is 2.31. The minimum atomic E-state index is -0.573. The first-order valence-electron chi connectivity index (χ1n) is 9.33. The largest absolute Gasteiger partial charge is 0.497 e. The molecular weight excluding hydrogens is 358 g/mol. The van der Waals surface area contributed by atoms with Crippen LogP contribution < -0.4 is 10.1 Å². The van der Waals surface area contributed by atoms with Crippen molar-refractivity contribution in [2.75, 3.05) is 39.6 Å². The van der Waals surface area contributed by atoms with Crippen LogP contribution in [0.25, 0.3) is 0 Å². The molecule has 0 saturated carbocycles. The molecule has 0 unspecified atom stereocenters. The van der Waals surface area contributed by atoms with E-state index in [0.717, 1.165) is 43.9 Å². The van der Waals surface area contributed by atoms with Crippen molar-refractivity contribution in [1.29, 1.82) is 0 Å². The van der Waals surface area contributed by atoms with E-state index < -0.39 is 5.54 Å². The summed E-state index contributed by atoms with van der Waals surface area (Å²) in [7, 11) is 5.32. The number of amides is 1. The molecule has 1 aliphatic rings. The van der Waals surface area contributed by atoms with Crippen molar-refractivity contribution in [3.63, 3.8) is 0 Å². The minimum Gasteiger partial charge on any atom is -0.497 e. The molecule has 3 rings (SSSR count). The zero-order valence-electron chi connectivity index (χ0n) is 16.6. The van der Waals surface area contributed by atoms with Crippen LogP contribution in [0.5, 0.6) is 5.75 Å². The van der Waals surface area contributed by atoms with Crippen LogP contribution in [0.15, 0.2) is 35.7 Å². The summed E-state index contributed by atoms with van der Waals surface area (Å²) >= 11 is 1.81. The molecule has 27 heavy (non-hydrogen) atoms. The summed E-state index contributed by atoms with van der Waals surface area (Å²) < 4.78 is 5.33. The van der Waals surface area contributed by atoms with Gasteiger partial charge in [-0.2, -0.15) is 0 Å². The van der Waals surface area contributed by atoms with Gasteiger partial charge in [0, 0.05) is 50.4 Å². The number of benzene rings is 1. The van der Waals surface area contributed by atoms with Crippen LogP contribution in [0, 0.1) is 6.92 Å². The van der Waals surface area contributed by atoms with E-state index in [-0.39, 0.29) is 5.91 Å². The number of carbonyl (C=O) groups excluding carboxylic acids is 1. The SMILES string of the molecule is COc1cccc(NC2(C(=O)N(C)C)CCN(Cc3sccc3C)CC2)c1. The number of thiophene rings is 1. The highest BCUT2D eigenvalue weighted by atomic mass is 32.1. The number of methoxy groups -OCH3 is 1. The first-order chi connectivity index (χ1) is 12.9. The van der Waals surface area contributed by atoms with E-state index in [1.165, 1.54) is 10.4 Å². The molecule has 1 aromatic heterocycles. The molecule has 146 valence electrons. The number of nitrogens with one attached hydrogen (secondary N) is 1. The molecule has 6 heteroatoms. The number of aryl methyl sites for hydroxylation is 1. The molecule has 0 bridgehead atoms. The molecule has 1 aromatic carbocycles. The van der Waals surface area contributed by atoms with Gasteiger partial charge in [-0.1, -0.05) is 6.07 Å². The van der Waals surface area contributed by atoms with Crippen molar-refractivity contribution in [2.45, 2.75) is 31.8 Å². The van der Waals surface area contributed by atoms with Gasteiger partial charge in [0.25, 0.3) is 0 Å². The fourth-order valence-electron chi connectivity index (χ4n) is 3.66.